The predicted molar refractivity (Wildman–Crippen MR) is 115 cm³/mol. The van der Waals surface area contributed by atoms with Crippen molar-refractivity contribution < 1.29 is 9.21 Å². The van der Waals surface area contributed by atoms with Crippen LogP contribution in [-0.4, -0.2) is 44.0 Å². The quantitative estimate of drug-likeness (QED) is 0.356. The normalized spacial score (nSPS) is 10.8. The van der Waals surface area contributed by atoms with Crippen LogP contribution < -0.4 is 10.6 Å². The smallest absolute Gasteiger partial charge is 0.241 e. The van der Waals surface area contributed by atoms with Crippen LogP contribution in [-0.2, 0) is 17.8 Å². The van der Waals surface area contributed by atoms with Crippen LogP contribution in [0.5, 0.6) is 0 Å². The van der Waals surface area contributed by atoms with Gasteiger partial charge in [-0.15, -0.1) is 24.0 Å². The Hall–Kier alpha value is -1.74. The molecule has 1 heterocycles. The average molecular weight is 491 g/mol. The Balaban J connectivity index is 0.00000338. The standard InChI is InChI=1S/C18H23ClN4O2.HI/c1-23(2)17(24)13-22-18(20-10-9-15-7-5-11-25-15)21-12-14-6-3-4-8-16(14)19;/h3-8,11H,9-10,12-13H2,1-2H3,(H2,20,21,22);1H. The van der Waals surface area contributed by atoms with Gasteiger partial charge < -0.3 is 20.0 Å². The van der Waals surface area contributed by atoms with Gasteiger partial charge in [-0.2, -0.15) is 0 Å². The lowest BCUT2D eigenvalue weighted by Crippen LogP contribution is -2.43. The number of nitrogens with zero attached hydrogens (tertiary/aromatic N) is 2. The first kappa shape index (κ1) is 22.3. The molecule has 26 heavy (non-hydrogen) atoms. The summed E-state index contributed by atoms with van der Waals surface area (Å²) in [6.07, 6.45) is 2.37. The first-order valence-electron chi connectivity index (χ1n) is 8.04. The summed E-state index contributed by atoms with van der Waals surface area (Å²) in [6.45, 7) is 1.23. The number of likely N-dealkylation sites (N-methyl/N-ethyl adjacent to an activating group) is 1. The second-order valence-electron chi connectivity index (χ2n) is 5.65. The van der Waals surface area contributed by atoms with Crippen molar-refractivity contribution in [2.75, 3.05) is 27.2 Å². The summed E-state index contributed by atoms with van der Waals surface area (Å²) in [7, 11) is 3.43. The van der Waals surface area contributed by atoms with Crippen molar-refractivity contribution in [3.63, 3.8) is 0 Å². The molecular formula is C18H24ClIN4O2. The van der Waals surface area contributed by atoms with Crippen LogP contribution in [0, 0.1) is 0 Å². The molecule has 0 atom stereocenters. The second kappa shape index (κ2) is 11.8. The lowest BCUT2D eigenvalue weighted by atomic mass is 10.2. The highest BCUT2D eigenvalue weighted by Gasteiger charge is 2.07. The molecule has 6 nitrogen and oxygen atoms in total. The number of halogens is 2. The summed E-state index contributed by atoms with van der Waals surface area (Å²) in [4.78, 5) is 17.8. The molecule has 0 aliphatic carbocycles. The number of carbonyl (C=O) groups excluding carboxylic acids is 1. The Bertz CT molecular complexity index is 705. The van der Waals surface area contributed by atoms with Gasteiger partial charge in [0.1, 0.15) is 5.76 Å². The fourth-order valence-corrected chi connectivity index (χ4v) is 2.24. The van der Waals surface area contributed by atoms with Crippen molar-refractivity contribution in [2.45, 2.75) is 13.0 Å². The van der Waals surface area contributed by atoms with E-state index < -0.39 is 0 Å². The van der Waals surface area contributed by atoms with Gasteiger partial charge in [0.05, 0.1) is 19.4 Å². The van der Waals surface area contributed by atoms with E-state index in [0.717, 1.165) is 17.7 Å². The fraction of sp³-hybridized carbons (Fsp3) is 0.333. The Kier molecular flexibility index (Phi) is 10.1. The van der Waals surface area contributed by atoms with Crippen LogP contribution in [0.15, 0.2) is 52.1 Å². The molecule has 0 saturated heterocycles. The van der Waals surface area contributed by atoms with E-state index in [-0.39, 0.29) is 36.4 Å². The molecule has 0 bridgehead atoms. The van der Waals surface area contributed by atoms with Crippen LogP contribution in [0.1, 0.15) is 11.3 Å². The minimum atomic E-state index is -0.0294. The highest BCUT2D eigenvalue weighted by Crippen LogP contribution is 2.15. The minimum absolute atomic E-state index is 0. The van der Waals surface area contributed by atoms with Gasteiger partial charge in [0.15, 0.2) is 5.96 Å². The number of nitrogens with one attached hydrogen (secondary N) is 2. The third-order valence-electron chi connectivity index (χ3n) is 3.52. The third kappa shape index (κ3) is 7.65. The van der Waals surface area contributed by atoms with E-state index in [2.05, 4.69) is 15.6 Å². The fourth-order valence-electron chi connectivity index (χ4n) is 2.04. The zero-order chi connectivity index (χ0) is 18.1. The number of guanidine groups is 1. The highest BCUT2D eigenvalue weighted by atomic mass is 127. The van der Waals surface area contributed by atoms with Gasteiger partial charge in [0.2, 0.25) is 5.91 Å². The maximum Gasteiger partial charge on any atom is 0.241 e. The van der Waals surface area contributed by atoms with E-state index in [1.165, 1.54) is 4.90 Å². The summed E-state index contributed by atoms with van der Waals surface area (Å²) < 4.78 is 5.31. The van der Waals surface area contributed by atoms with Crippen molar-refractivity contribution in [3.8, 4) is 0 Å². The third-order valence-corrected chi connectivity index (χ3v) is 3.88. The van der Waals surface area contributed by atoms with Gasteiger partial charge >= 0.3 is 0 Å². The molecule has 1 amide bonds. The first-order chi connectivity index (χ1) is 12.1. The minimum Gasteiger partial charge on any atom is -0.469 e. The maximum atomic E-state index is 11.8. The van der Waals surface area contributed by atoms with Crippen molar-refractivity contribution in [1.29, 1.82) is 0 Å². The number of benzene rings is 1. The van der Waals surface area contributed by atoms with Gasteiger partial charge in [-0.05, 0) is 23.8 Å². The first-order valence-corrected chi connectivity index (χ1v) is 8.42. The lowest BCUT2D eigenvalue weighted by Gasteiger charge is -2.15. The van der Waals surface area contributed by atoms with Crippen LogP contribution in [0.25, 0.3) is 0 Å². The molecule has 0 aliphatic rings. The van der Waals surface area contributed by atoms with E-state index in [4.69, 9.17) is 16.0 Å². The summed E-state index contributed by atoms with van der Waals surface area (Å²) in [6, 6.07) is 11.3. The zero-order valence-electron chi connectivity index (χ0n) is 14.9. The largest absolute Gasteiger partial charge is 0.469 e. The van der Waals surface area contributed by atoms with E-state index in [1.54, 1.807) is 20.4 Å². The van der Waals surface area contributed by atoms with Crippen LogP contribution in [0.2, 0.25) is 5.02 Å². The van der Waals surface area contributed by atoms with Crippen molar-refractivity contribution in [2.24, 2.45) is 4.99 Å². The molecule has 2 N–H and O–H groups in total. The van der Waals surface area contributed by atoms with E-state index in [9.17, 15) is 4.79 Å². The summed E-state index contributed by atoms with van der Waals surface area (Å²) in [5.74, 6) is 1.42. The molecular weight excluding hydrogens is 467 g/mol. The molecule has 8 heteroatoms. The highest BCUT2D eigenvalue weighted by molar-refractivity contribution is 14.0. The zero-order valence-corrected chi connectivity index (χ0v) is 18.0. The van der Waals surface area contributed by atoms with E-state index >= 15 is 0 Å². The van der Waals surface area contributed by atoms with E-state index in [0.29, 0.717) is 24.1 Å². The molecule has 2 rings (SSSR count). The Morgan fingerprint density at radius 1 is 1.19 bits per heavy atom. The number of carbonyl (C=O) groups is 1. The summed E-state index contributed by atoms with van der Waals surface area (Å²) >= 11 is 6.17. The van der Waals surface area contributed by atoms with Crippen LogP contribution in [0.4, 0.5) is 0 Å². The molecule has 0 aliphatic heterocycles. The lowest BCUT2D eigenvalue weighted by molar-refractivity contribution is -0.127. The number of amides is 1. The summed E-state index contributed by atoms with van der Waals surface area (Å²) in [5.41, 5.74) is 0.926. The monoisotopic (exact) mass is 490 g/mol. The van der Waals surface area contributed by atoms with Crippen LogP contribution >= 0.6 is 35.6 Å². The molecule has 142 valence electrons. The molecule has 0 saturated carbocycles. The topological polar surface area (TPSA) is 69.9 Å². The number of furan rings is 1. The predicted octanol–water partition coefficient (Wildman–Crippen LogP) is 2.92. The number of aliphatic imine (C=N–C) groups is 1. The number of hydrogen-bond acceptors (Lipinski definition) is 3. The van der Waals surface area contributed by atoms with Gasteiger partial charge in [-0.1, -0.05) is 29.8 Å². The van der Waals surface area contributed by atoms with Gasteiger partial charge in [0.25, 0.3) is 0 Å². The summed E-state index contributed by atoms with van der Waals surface area (Å²) in [5, 5.41) is 6.92. The molecule has 0 fully saturated rings. The molecule has 0 radical (unpaired) electrons. The van der Waals surface area contributed by atoms with Crippen molar-refractivity contribution >= 4 is 47.4 Å². The van der Waals surface area contributed by atoms with Crippen LogP contribution in [0.3, 0.4) is 0 Å². The van der Waals surface area contributed by atoms with E-state index in [1.807, 2.05) is 36.4 Å². The molecule has 2 aromatic rings. The molecule has 1 aromatic carbocycles. The Morgan fingerprint density at radius 3 is 2.62 bits per heavy atom. The number of rotatable bonds is 7. The maximum absolute atomic E-state index is 11.8. The van der Waals surface area contributed by atoms with Gasteiger partial charge in [-0.25, -0.2) is 4.99 Å². The van der Waals surface area contributed by atoms with Gasteiger partial charge in [-0.3, -0.25) is 4.79 Å². The molecule has 1 aromatic heterocycles. The average Bonchev–Trinajstić information content (AvgIpc) is 3.11. The Morgan fingerprint density at radius 2 is 1.96 bits per heavy atom. The van der Waals surface area contributed by atoms with Crippen molar-refractivity contribution in [1.82, 2.24) is 15.5 Å². The Labute approximate surface area is 176 Å². The van der Waals surface area contributed by atoms with Gasteiger partial charge in [0, 0.05) is 32.1 Å². The molecule has 0 spiro atoms. The number of hydrogen-bond donors (Lipinski definition) is 2. The van der Waals surface area contributed by atoms with Crippen molar-refractivity contribution in [3.05, 3.63) is 59.0 Å². The molecule has 0 unspecified atom stereocenters. The second-order valence-corrected chi connectivity index (χ2v) is 6.06. The SMILES string of the molecule is CN(C)C(=O)CNC(=NCc1ccccc1Cl)NCCc1ccco1.I.